The highest BCUT2D eigenvalue weighted by atomic mass is 16.4. The Morgan fingerprint density at radius 3 is 2.84 bits per heavy atom. The van der Waals surface area contributed by atoms with Crippen molar-refractivity contribution in [3.8, 4) is 6.07 Å². The molecule has 19 heavy (non-hydrogen) atoms. The van der Waals surface area contributed by atoms with Crippen LogP contribution in [0.25, 0.3) is 11.1 Å². The average Bonchev–Trinajstić information content (AvgIpc) is 3.14. The van der Waals surface area contributed by atoms with E-state index in [1.807, 2.05) is 25.2 Å². The maximum absolute atomic E-state index is 11.5. The summed E-state index contributed by atoms with van der Waals surface area (Å²) in [5.74, 6) is -0.366. The molecule has 1 aromatic carbocycles. The molecule has 0 spiro atoms. The van der Waals surface area contributed by atoms with E-state index in [1.54, 1.807) is 7.05 Å². The van der Waals surface area contributed by atoms with Crippen molar-refractivity contribution in [2.45, 2.75) is 18.9 Å². The van der Waals surface area contributed by atoms with Crippen LogP contribution in [0.1, 0.15) is 24.4 Å². The van der Waals surface area contributed by atoms with Gasteiger partial charge in [0.2, 0.25) is 0 Å². The van der Waals surface area contributed by atoms with Crippen LogP contribution in [0, 0.1) is 16.7 Å². The van der Waals surface area contributed by atoms with Crippen LogP contribution in [0.15, 0.2) is 27.4 Å². The van der Waals surface area contributed by atoms with E-state index in [4.69, 9.17) is 4.42 Å². The number of fused-ring (bicyclic) bond motifs is 1. The molecule has 1 fully saturated rings. The van der Waals surface area contributed by atoms with Crippen LogP contribution in [0.2, 0.25) is 0 Å². The van der Waals surface area contributed by atoms with Crippen LogP contribution in [-0.2, 0) is 7.05 Å². The minimum absolute atomic E-state index is 0.0209. The lowest BCUT2D eigenvalue weighted by atomic mass is 9.91. The van der Waals surface area contributed by atoms with Gasteiger partial charge in [-0.2, -0.15) is 5.26 Å². The predicted octanol–water partition coefficient (Wildman–Crippen LogP) is 1.70. The van der Waals surface area contributed by atoms with Gasteiger partial charge in [0.1, 0.15) is 0 Å². The molecule has 0 radical (unpaired) electrons. The summed E-state index contributed by atoms with van der Waals surface area (Å²) in [6.45, 7) is 0. The summed E-state index contributed by atoms with van der Waals surface area (Å²) in [5, 5.41) is 12.5. The van der Waals surface area contributed by atoms with E-state index in [2.05, 4.69) is 11.4 Å². The molecule has 1 aromatic heterocycles. The monoisotopic (exact) mass is 257 g/mol. The Bertz CT molecular complexity index is 731. The molecule has 1 saturated carbocycles. The molecule has 1 N–H and O–H groups in total. The third-order valence-electron chi connectivity index (χ3n) is 4.00. The van der Waals surface area contributed by atoms with Gasteiger partial charge in [0.15, 0.2) is 5.58 Å². The van der Waals surface area contributed by atoms with E-state index in [0.29, 0.717) is 5.58 Å². The van der Waals surface area contributed by atoms with E-state index in [-0.39, 0.29) is 17.2 Å². The second-order valence-electron chi connectivity index (χ2n) is 5.14. The van der Waals surface area contributed by atoms with Crippen molar-refractivity contribution >= 4 is 11.1 Å². The number of hydrogen-bond donors (Lipinski definition) is 1. The van der Waals surface area contributed by atoms with Gasteiger partial charge in [0, 0.05) is 7.05 Å². The van der Waals surface area contributed by atoms with E-state index < -0.39 is 0 Å². The van der Waals surface area contributed by atoms with Crippen LogP contribution >= 0.6 is 0 Å². The predicted molar refractivity (Wildman–Crippen MR) is 70.5 cm³/mol. The first kappa shape index (κ1) is 12.0. The van der Waals surface area contributed by atoms with Gasteiger partial charge in [-0.15, -0.1) is 0 Å². The van der Waals surface area contributed by atoms with Crippen LogP contribution in [0.5, 0.6) is 0 Å². The molecule has 5 nitrogen and oxygen atoms in total. The van der Waals surface area contributed by atoms with Gasteiger partial charge in [0.25, 0.3) is 0 Å². The Labute approximate surface area is 110 Å². The van der Waals surface area contributed by atoms with Gasteiger partial charge in [-0.25, -0.2) is 4.79 Å². The Morgan fingerprint density at radius 1 is 1.53 bits per heavy atom. The summed E-state index contributed by atoms with van der Waals surface area (Å²) in [7, 11) is 3.54. The van der Waals surface area contributed by atoms with Gasteiger partial charge in [-0.05, 0) is 37.6 Å². The highest BCUT2D eigenvalue weighted by molar-refractivity contribution is 5.74. The smallest absolute Gasteiger partial charge is 0.408 e. The number of oxazole rings is 1. The maximum atomic E-state index is 11.5. The molecule has 0 aliphatic heterocycles. The number of aryl methyl sites for hydroxylation is 1. The molecule has 98 valence electrons. The van der Waals surface area contributed by atoms with Crippen molar-refractivity contribution in [2.24, 2.45) is 12.5 Å². The molecule has 1 aliphatic rings. The summed E-state index contributed by atoms with van der Waals surface area (Å²) >= 11 is 0. The van der Waals surface area contributed by atoms with E-state index in [9.17, 15) is 10.1 Å². The highest BCUT2D eigenvalue weighted by Gasteiger charge is 2.50. The molecule has 0 bridgehead atoms. The summed E-state index contributed by atoms with van der Waals surface area (Å²) in [4.78, 5) is 11.5. The number of rotatable bonds is 3. The largest absolute Gasteiger partial charge is 0.419 e. The molecule has 1 unspecified atom stereocenters. The number of nitrogens with one attached hydrogen (secondary N) is 1. The molecular weight excluding hydrogens is 242 g/mol. The molecule has 3 rings (SSSR count). The quantitative estimate of drug-likeness (QED) is 0.908. The van der Waals surface area contributed by atoms with Crippen molar-refractivity contribution in [3.05, 3.63) is 34.3 Å². The van der Waals surface area contributed by atoms with Crippen molar-refractivity contribution < 1.29 is 4.42 Å². The van der Waals surface area contributed by atoms with Gasteiger partial charge in [0.05, 0.1) is 23.0 Å². The summed E-state index contributed by atoms with van der Waals surface area (Å²) in [6.07, 6.45) is 1.82. The van der Waals surface area contributed by atoms with Crippen LogP contribution < -0.4 is 11.1 Å². The van der Waals surface area contributed by atoms with Crippen LogP contribution in [0.4, 0.5) is 0 Å². The first-order chi connectivity index (χ1) is 9.11. The Hall–Kier alpha value is -2.06. The van der Waals surface area contributed by atoms with Crippen molar-refractivity contribution in [2.75, 3.05) is 7.05 Å². The second-order valence-corrected chi connectivity index (χ2v) is 5.14. The minimum Gasteiger partial charge on any atom is -0.408 e. The molecular formula is C14H15N3O2. The third kappa shape index (κ3) is 1.68. The average molecular weight is 257 g/mol. The lowest BCUT2D eigenvalue weighted by molar-refractivity contribution is 0.443. The number of nitriles is 1. The Balaban J connectivity index is 2.10. The minimum atomic E-state index is -0.366. The fourth-order valence-electron chi connectivity index (χ4n) is 2.69. The Morgan fingerprint density at radius 2 is 2.26 bits per heavy atom. The molecule has 1 heterocycles. The first-order valence-electron chi connectivity index (χ1n) is 6.29. The SMILES string of the molecule is CNC(c1ccc2c(c1)oc(=O)n2C)C1(C#N)CC1. The second kappa shape index (κ2) is 3.97. The van der Waals surface area contributed by atoms with Crippen molar-refractivity contribution in [1.29, 1.82) is 5.26 Å². The topological polar surface area (TPSA) is 71.0 Å². The maximum Gasteiger partial charge on any atom is 0.419 e. The first-order valence-corrected chi connectivity index (χ1v) is 6.29. The number of nitrogens with zero attached hydrogens (tertiary/aromatic N) is 2. The molecule has 0 amide bonds. The van der Waals surface area contributed by atoms with Gasteiger partial charge in [-0.1, -0.05) is 6.07 Å². The highest BCUT2D eigenvalue weighted by Crippen LogP contribution is 2.54. The summed E-state index contributed by atoms with van der Waals surface area (Å²) < 4.78 is 6.67. The molecule has 5 heteroatoms. The van der Waals surface area contributed by atoms with Crippen molar-refractivity contribution in [1.82, 2.24) is 9.88 Å². The van der Waals surface area contributed by atoms with Crippen LogP contribution in [-0.4, -0.2) is 11.6 Å². The fourth-order valence-corrected chi connectivity index (χ4v) is 2.69. The van der Waals surface area contributed by atoms with Gasteiger partial charge < -0.3 is 9.73 Å². The third-order valence-corrected chi connectivity index (χ3v) is 4.00. The molecule has 1 aliphatic carbocycles. The van der Waals surface area contributed by atoms with E-state index >= 15 is 0 Å². The lowest BCUT2D eigenvalue weighted by Gasteiger charge is -2.21. The summed E-state index contributed by atoms with van der Waals surface area (Å²) in [6, 6.07) is 8.06. The standard InChI is InChI=1S/C14H15N3O2/c1-16-12(14(8-15)5-6-14)9-3-4-10-11(7-9)19-13(18)17(10)2/h3-4,7,12,16H,5-6H2,1-2H3. The molecule has 0 saturated heterocycles. The van der Waals surface area contributed by atoms with E-state index in [0.717, 1.165) is 23.9 Å². The zero-order chi connectivity index (χ0) is 13.6. The fraction of sp³-hybridized carbons (Fsp3) is 0.429. The zero-order valence-corrected chi connectivity index (χ0v) is 10.9. The van der Waals surface area contributed by atoms with Gasteiger partial charge >= 0.3 is 5.76 Å². The number of hydrogen-bond acceptors (Lipinski definition) is 4. The normalized spacial score (nSPS) is 18.2. The number of benzene rings is 1. The molecule has 1 atom stereocenters. The number of aromatic nitrogens is 1. The molecule has 2 aromatic rings. The summed E-state index contributed by atoms with van der Waals surface area (Å²) in [5.41, 5.74) is 2.02. The zero-order valence-electron chi connectivity index (χ0n) is 10.9. The van der Waals surface area contributed by atoms with E-state index in [1.165, 1.54) is 4.57 Å². The van der Waals surface area contributed by atoms with Crippen molar-refractivity contribution in [3.63, 3.8) is 0 Å². The van der Waals surface area contributed by atoms with Gasteiger partial charge in [-0.3, -0.25) is 4.57 Å². The lowest BCUT2D eigenvalue weighted by Crippen LogP contribution is -2.25. The van der Waals surface area contributed by atoms with Crippen LogP contribution in [0.3, 0.4) is 0 Å². The Kier molecular flexibility index (Phi) is 2.51.